The van der Waals surface area contributed by atoms with Crippen molar-refractivity contribution in [3.05, 3.63) is 72.6 Å². The van der Waals surface area contributed by atoms with Gasteiger partial charge in [-0.1, -0.05) is 36.4 Å². The zero-order valence-corrected chi connectivity index (χ0v) is 10.5. The fraction of sp³-hybridized carbons (Fsp3) is 0.125. The molecule has 0 saturated heterocycles. The van der Waals surface area contributed by atoms with Crippen LogP contribution in [-0.4, -0.2) is 6.67 Å². The van der Waals surface area contributed by atoms with E-state index < -0.39 is 0 Å². The summed E-state index contributed by atoms with van der Waals surface area (Å²) in [4.78, 5) is 4.51. The first-order valence-corrected chi connectivity index (χ1v) is 6.17. The molecule has 1 aliphatic rings. The standard InChI is InChI=1S/C16H16N2/c1-14-7-5-6-10-16(14)18-12-11-17(13-18)15-8-3-2-4-9-15/h2-12H,13H2,1H3. The zero-order valence-electron chi connectivity index (χ0n) is 10.5. The van der Waals surface area contributed by atoms with Crippen molar-refractivity contribution in [3.63, 3.8) is 0 Å². The highest BCUT2D eigenvalue weighted by Gasteiger charge is 2.15. The van der Waals surface area contributed by atoms with E-state index in [0.717, 1.165) is 6.67 Å². The molecule has 0 bridgehead atoms. The minimum atomic E-state index is 0.870. The SMILES string of the molecule is Cc1ccccc1N1C=CN(c2ccccc2)C1. The smallest absolute Gasteiger partial charge is 0.0989 e. The van der Waals surface area contributed by atoms with Crippen LogP contribution in [0.3, 0.4) is 0 Å². The molecule has 2 nitrogen and oxygen atoms in total. The van der Waals surface area contributed by atoms with Gasteiger partial charge in [-0.25, -0.2) is 0 Å². The van der Waals surface area contributed by atoms with E-state index >= 15 is 0 Å². The Morgan fingerprint density at radius 2 is 1.44 bits per heavy atom. The van der Waals surface area contributed by atoms with E-state index in [-0.39, 0.29) is 0 Å². The minimum absolute atomic E-state index is 0.870. The molecule has 1 heterocycles. The second-order valence-electron chi connectivity index (χ2n) is 4.50. The Morgan fingerprint density at radius 3 is 2.22 bits per heavy atom. The second kappa shape index (κ2) is 4.57. The summed E-state index contributed by atoms with van der Waals surface area (Å²) in [6.45, 7) is 3.02. The number of hydrogen-bond acceptors (Lipinski definition) is 2. The van der Waals surface area contributed by atoms with Crippen molar-refractivity contribution < 1.29 is 0 Å². The van der Waals surface area contributed by atoms with Gasteiger partial charge in [0, 0.05) is 23.8 Å². The second-order valence-corrected chi connectivity index (χ2v) is 4.50. The van der Waals surface area contributed by atoms with E-state index in [1.165, 1.54) is 16.9 Å². The maximum absolute atomic E-state index is 2.27. The molecule has 0 spiro atoms. The minimum Gasteiger partial charge on any atom is -0.328 e. The number of hydrogen-bond donors (Lipinski definition) is 0. The summed E-state index contributed by atoms with van der Waals surface area (Å²) in [6, 6.07) is 18.9. The fourth-order valence-electron chi connectivity index (χ4n) is 2.25. The molecule has 0 atom stereocenters. The normalized spacial score (nSPS) is 14.3. The van der Waals surface area contributed by atoms with Crippen molar-refractivity contribution in [2.24, 2.45) is 0 Å². The predicted octanol–water partition coefficient (Wildman–Crippen LogP) is 3.75. The van der Waals surface area contributed by atoms with Crippen molar-refractivity contribution >= 4 is 11.4 Å². The number of anilines is 2. The molecule has 0 aliphatic carbocycles. The summed E-state index contributed by atoms with van der Waals surface area (Å²) in [5, 5.41) is 0. The molecule has 1 aliphatic heterocycles. The van der Waals surface area contributed by atoms with Crippen LogP contribution >= 0.6 is 0 Å². The number of aryl methyl sites for hydroxylation is 1. The molecular formula is C16H16N2. The average molecular weight is 236 g/mol. The first-order chi connectivity index (χ1) is 8.84. The summed E-state index contributed by atoms with van der Waals surface area (Å²) in [7, 11) is 0. The van der Waals surface area contributed by atoms with Gasteiger partial charge in [-0.2, -0.15) is 0 Å². The Labute approximate surface area is 108 Å². The lowest BCUT2D eigenvalue weighted by Gasteiger charge is -2.22. The third-order valence-electron chi connectivity index (χ3n) is 3.24. The van der Waals surface area contributed by atoms with Gasteiger partial charge in [0.05, 0.1) is 6.67 Å². The quantitative estimate of drug-likeness (QED) is 0.783. The van der Waals surface area contributed by atoms with Crippen LogP contribution in [0.1, 0.15) is 5.56 Å². The molecule has 0 saturated carbocycles. The monoisotopic (exact) mass is 236 g/mol. The van der Waals surface area contributed by atoms with Gasteiger partial charge >= 0.3 is 0 Å². The largest absolute Gasteiger partial charge is 0.328 e. The Morgan fingerprint density at radius 1 is 0.778 bits per heavy atom. The lowest BCUT2D eigenvalue weighted by molar-refractivity contribution is 0.970. The number of rotatable bonds is 2. The molecule has 18 heavy (non-hydrogen) atoms. The highest BCUT2D eigenvalue weighted by molar-refractivity contribution is 5.61. The van der Waals surface area contributed by atoms with E-state index in [1.54, 1.807) is 0 Å². The van der Waals surface area contributed by atoms with Crippen LogP contribution in [-0.2, 0) is 0 Å². The Bertz CT molecular complexity index is 560. The molecular weight excluding hydrogens is 220 g/mol. The topological polar surface area (TPSA) is 6.48 Å². The molecule has 0 amide bonds. The van der Waals surface area contributed by atoms with Crippen molar-refractivity contribution in [3.8, 4) is 0 Å². The predicted molar refractivity (Wildman–Crippen MR) is 76.6 cm³/mol. The summed E-state index contributed by atoms with van der Waals surface area (Å²) < 4.78 is 0. The van der Waals surface area contributed by atoms with Crippen LogP contribution in [0.25, 0.3) is 0 Å². The van der Waals surface area contributed by atoms with Crippen LogP contribution in [0.4, 0.5) is 11.4 Å². The molecule has 0 N–H and O–H groups in total. The lowest BCUT2D eigenvalue weighted by atomic mass is 10.2. The Hall–Kier alpha value is -2.22. The van der Waals surface area contributed by atoms with E-state index in [0.29, 0.717) is 0 Å². The van der Waals surface area contributed by atoms with Gasteiger partial charge in [-0.3, -0.25) is 0 Å². The molecule has 90 valence electrons. The fourth-order valence-corrected chi connectivity index (χ4v) is 2.25. The molecule has 2 aromatic rings. The molecule has 0 unspecified atom stereocenters. The molecule has 0 fully saturated rings. The van der Waals surface area contributed by atoms with Gasteiger partial charge in [-0.05, 0) is 30.7 Å². The zero-order chi connectivity index (χ0) is 12.4. The van der Waals surface area contributed by atoms with Gasteiger partial charge in [-0.15, -0.1) is 0 Å². The van der Waals surface area contributed by atoms with E-state index in [4.69, 9.17) is 0 Å². The van der Waals surface area contributed by atoms with Gasteiger partial charge in [0.25, 0.3) is 0 Å². The van der Waals surface area contributed by atoms with Crippen LogP contribution in [0, 0.1) is 6.92 Å². The molecule has 2 heteroatoms. The number of nitrogens with zero attached hydrogens (tertiary/aromatic N) is 2. The summed E-state index contributed by atoms with van der Waals surface area (Å²) in [5.41, 5.74) is 3.80. The molecule has 2 aromatic carbocycles. The molecule has 0 aromatic heterocycles. The maximum Gasteiger partial charge on any atom is 0.0989 e. The summed E-state index contributed by atoms with van der Waals surface area (Å²) in [6.07, 6.45) is 4.26. The Balaban J connectivity index is 1.81. The highest BCUT2D eigenvalue weighted by Crippen LogP contribution is 2.25. The Kier molecular flexibility index (Phi) is 2.77. The summed E-state index contributed by atoms with van der Waals surface area (Å²) in [5.74, 6) is 0. The average Bonchev–Trinajstić information content (AvgIpc) is 2.90. The number of para-hydroxylation sites is 2. The van der Waals surface area contributed by atoms with Gasteiger partial charge in [0.2, 0.25) is 0 Å². The third kappa shape index (κ3) is 1.97. The van der Waals surface area contributed by atoms with Crippen LogP contribution < -0.4 is 9.80 Å². The first kappa shape index (κ1) is 10.9. The van der Waals surface area contributed by atoms with Crippen LogP contribution in [0.15, 0.2) is 67.0 Å². The van der Waals surface area contributed by atoms with Gasteiger partial charge in [0.1, 0.15) is 0 Å². The third-order valence-corrected chi connectivity index (χ3v) is 3.24. The van der Waals surface area contributed by atoms with Crippen molar-refractivity contribution in [1.29, 1.82) is 0 Å². The van der Waals surface area contributed by atoms with Gasteiger partial charge in [0.15, 0.2) is 0 Å². The highest BCUT2D eigenvalue weighted by atomic mass is 15.3. The van der Waals surface area contributed by atoms with Gasteiger partial charge < -0.3 is 9.80 Å². The van der Waals surface area contributed by atoms with E-state index in [1.807, 2.05) is 6.07 Å². The van der Waals surface area contributed by atoms with Crippen LogP contribution in [0.2, 0.25) is 0 Å². The maximum atomic E-state index is 2.27. The van der Waals surface area contributed by atoms with Crippen molar-refractivity contribution in [1.82, 2.24) is 0 Å². The van der Waals surface area contributed by atoms with Crippen LogP contribution in [0.5, 0.6) is 0 Å². The first-order valence-electron chi connectivity index (χ1n) is 6.17. The van der Waals surface area contributed by atoms with Crippen molar-refractivity contribution in [2.75, 3.05) is 16.5 Å². The molecule has 3 rings (SSSR count). The number of benzene rings is 2. The van der Waals surface area contributed by atoms with E-state index in [2.05, 4.69) is 77.7 Å². The van der Waals surface area contributed by atoms with E-state index in [9.17, 15) is 0 Å². The lowest BCUT2D eigenvalue weighted by Crippen LogP contribution is -2.24. The summed E-state index contributed by atoms with van der Waals surface area (Å²) >= 11 is 0. The van der Waals surface area contributed by atoms with Crippen molar-refractivity contribution in [2.45, 2.75) is 6.92 Å². The molecule has 0 radical (unpaired) electrons.